The van der Waals surface area contributed by atoms with Gasteiger partial charge in [0.05, 0.1) is 0 Å². The summed E-state index contributed by atoms with van der Waals surface area (Å²) in [6, 6.07) is 7.65. The molecule has 0 saturated carbocycles. The summed E-state index contributed by atoms with van der Waals surface area (Å²) in [6.07, 6.45) is 3.25. The Labute approximate surface area is 140 Å². The molecule has 0 spiro atoms. The summed E-state index contributed by atoms with van der Waals surface area (Å²) in [5, 5.41) is 2.92. The van der Waals surface area contributed by atoms with Gasteiger partial charge in [-0.15, -0.1) is 0 Å². The highest BCUT2D eigenvalue weighted by Crippen LogP contribution is 2.12. The van der Waals surface area contributed by atoms with Gasteiger partial charge in [-0.25, -0.2) is 0 Å². The molecule has 1 aromatic rings. The summed E-state index contributed by atoms with van der Waals surface area (Å²) >= 11 is 0. The van der Waals surface area contributed by atoms with Gasteiger partial charge in [-0.1, -0.05) is 50.1 Å². The van der Waals surface area contributed by atoms with Crippen LogP contribution in [0.2, 0.25) is 0 Å². The van der Waals surface area contributed by atoms with Crippen LogP contribution in [0.1, 0.15) is 57.6 Å². The van der Waals surface area contributed by atoms with Crippen LogP contribution in [-0.2, 0) is 16.1 Å². The van der Waals surface area contributed by atoms with Gasteiger partial charge in [-0.05, 0) is 32.3 Å². The molecule has 128 valence electrons. The number of carbonyl (C=O) groups is 2. The van der Waals surface area contributed by atoms with Crippen LogP contribution in [0, 0.1) is 6.92 Å². The van der Waals surface area contributed by atoms with E-state index in [1.54, 1.807) is 4.90 Å². The van der Waals surface area contributed by atoms with Crippen molar-refractivity contribution in [3.05, 3.63) is 35.4 Å². The lowest BCUT2D eigenvalue weighted by Gasteiger charge is -2.29. The fraction of sp³-hybridized carbons (Fsp3) is 0.579. The second-order valence-corrected chi connectivity index (χ2v) is 6.08. The van der Waals surface area contributed by atoms with Crippen LogP contribution >= 0.6 is 0 Å². The standard InChI is InChI=1S/C19H30N2O2/c1-5-7-13-20-19(23)16(4)21(18(22)8-6-2)14-17-11-9-15(3)10-12-17/h9-12,16H,5-8,13-14H2,1-4H3,(H,20,23)/t16-/m0/s1. The first-order chi connectivity index (χ1) is 11.0. The molecule has 0 radical (unpaired) electrons. The number of hydrogen-bond acceptors (Lipinski definition) is 2. The summed E-state index contributed by atoms with van der Waals surface area (Å²) in [5.41, 5.74) is 2.24. The number of nitrogens with one attached hydrogen (secondary N) is 1. The maximum Gasteiger partial charge on any atom is 0.242 e. The number of amides is 2. The molecule has 4 heteroatoms. The van der Waals surface area contributed by atoms with E-state index in [1.165, 1.54) is 5.56 Å². The molecule has 0 saturated heterocycles. The molecule has 23 heavy (non-hydrogen) atoms. The summed E-state index contributed by atoms with van der Waals surface area (Å²) in [6.45, 7) is 9.05. The van der Waals surface area contributed by atoms with Gasteiger partial charge in [0.2, 0.25) is 11.8 Å². The molecule has 2 amide bonds. The topological polar surface area (TPSA) is 49.4 Å². The molecule has 0 aliphatic carbocycles. The molecular weight excluding hydrogens is 288 g/mol. The van der Waals surface area contributed by atoms with Gasteiger partial charge in [0, 0.05) is 19.5 Å². The van der Waals surface area contributed by atoms with E-state index in [0.29, 0.717) is 19.5 Å². The van der Waals surface area contributed by atoms with Crippen LogP contribution in [0.5, 0.6) is 0 Å². The second-order valence-electron chi connectivity index (χ2n) is 6.08. The normalized spacial score (nSPS) is 11.8. The minimum atomic E-state index is -0.452. The zero-order valence-corrected chi connectivity index (χ0v) is 14.9. The maximum atomic E-state index is 12.4. The monoisotopic (exact) mass is 318 g/mol. The smallest absolute Gasteiger partial charge is 0.242 e. The van der Waals surface area contributed by atoms with E-state index < -0.39 is 6.04 Å². The van der Waals surface area contributed by atoms with Crippen molar-refractivity contribution in [1.29, 1.82) is 0 Å². The highest BCUT2D eigenvalue weighted by Gasteiger charge is 2.25. The van der Waals surface area contributed by atoms with Gasteiger partial charge in [-0.3, -0.25) is 9.59 Å². The predicted molar refractivity (Wildman–Crippen MR) is 94.0 cm³/mol. The van der Waals surface area contributed by atoms with E-state index in [1.807, 2.05) is 45.0 Å². The largest absolute Gasteiger partial charge is 0.354 e. The van der Waals surface area contributed by atoms with E-state index in [-0.39, 0.29) is 11.8 Å². The van der Waals surface area contributed by atoms with E-state index in [2.05, 4.69) is 12.2 Å². The van der Waals surface area contributed by atoms with Crippen molar-refractivity contribution in [2.24, 2.45) is 0 Å². The SMILES string of the molecule is CCCCNC(=O)[C@H](C)N(Cc1ccc(C)cc1)C(=O)CCC. The highest BCUT2D eigenvalue weighted by atomic mass is 16.2. The lowest BCUT2D eigenvalue weighted by molar-refractivity contribution is -0.140. The Kier molecular flexibility index (Phi) is 8.38. The average Bonchev–Trinajstić information content (AvgIpc) is 2.54. The zero-order chi connectivity index (χ0) is 17.2. The van der Waals surface area contributed by atoms with Crippen LogP contribution in [0.25, 0.3) is 0 Å². The van der Waals surface area contributed by atoms with Gasteiger partial charge in [0.15, 0.2) is 0 Å². The van der Waals surface area contributed by atoms with Gasteiger partial charge in [0.1, 0.15) is 6.04 Å². The Morgan fingerprint density at radius 2 is 1.78 bits per heavy atom. The number of carbonyl (C=O) groups excluding carboxylic acids is 2. The number of hydrogen-bond donors (Lipinski definition) is 1. The Bertz CT molecular complexity index is 497. The number of aryl methyl sites for hydroxylation is 1. The fourth-order valence-electron chi connectivity index (χ4n) is 2.37. The van der Waals surface area contributed by atoms with Crippen LogP contribution in [0.4, 0.5) is 0 Å². The predicted octanol–water partition coefficient (Wildman–Crippen LogP) is 3.43. The first-order valence-corrected chi connectivity index (χ1v) is 8.62. The van der Waals surface area contributed by atoms with Crippen molar-refractivity contribution < 1.29 is 9.59 Å². The van der Waals surface area contributed by atoms with Crippen molar-refractivity contribution in [3.8, 4) is 0 Å². The van der Waals surface area contributed by atoms with E-state index in [9.17, 15) is 9.59 Å². The number of benzene rings is 1. The highest BCUT2D eigenvalue weighted by molar-refractivity contribution is 5.87. The van der Waals surface area contributed by atoms with Crippen molar-refractivity contribution in [3.63, 3.8) is 0 Å². The Morgan fingerprint density at radius 1 is 1.13 bits per heavy atom. The molecule has 1 rings (SSSR count). The van der Waals surface area contributed by atoms with Crippen molar-refractivity contribution >= 4 is 11.8 Å². The quantitative estimate of drug-likeness (QED) is 0.709. The fourth-order valence-corrected chi connectivity index (χ4v) is 2.37. The Morgan fingerprint density at radius 3 is 2.35 bits per heavy atom. The molecule has 0 bridgehead atoms. The first-order valence-electron chi connectivity index (χ1n) is 8.62. The van der Waals surface area contributed by atoms with Crippen LogP contribution in [-0.4, -0.2) is 29.3 Å². The Balaban J connectivity index is 2.80. The number of rotatable bonds is 9. The molecule has 0 heterocycles. The number of unbranched alkanes of at least 4 members (excludes halogenated alkanes) is 1. The summed E-state index contributed by atoms with van der Waals surface area (Å²) in [5.74, 6) is -0.0405. The van der Waals surface area contributed by atoms with Crippen LogP contribution < -0.4 is 5.32 Å². The molecule has 1 aromatic carbocycles. The molecule has 0 aromatic heterocycles. The van der Waals surface area contributed by atoms with Crippen LogP contribution in [0.15, 0.2) is 24.3 Å². The molecule has 0 unspecified atom stereocenters. The number of nitrogens with zero attached hydrogens (tertiary/aromatic N) is 1. The molecule has 0 aliphatic heterocycles. The van der Waals surface area contributed by atoms with Gasteiger partial charge in [-0.2, -0.15) is 0 Å². The average molecular weight is 318 g/mol. The summed E-state index contributed by atoms with van der Waals surface area (Å²) < 4.78 is 0. The minimum absolute atomic E-state index is 0.0335. The Hall–Kier alpha value is -1.84. The molecular formula is C19H30N2O2. The molecule has 4 nitrogen and oxygen atoms in total. The molecule has 1 N–H and O–H groups in total. The zero-order valence-electron chi connectivity index (χ0n) is 14.9. The third-order valence-corrected chi connectivity index (χ3v) is 3.93. The molecule has 0 fully saturated rings. The molecule has 1 atom stereocenters. The van der Waals surface area contributed by atoms with E-state index >= 15 is 0 Å². The van der Waals surface area contributed by atoms with Crippen LogP contribution in [0.3, 0.4) is 0 Å². The first kappa shape index (κ1) is 19.2. The van der Waals surface area contributed by atoms with E-state index in [4.69, 9.17) is 0 Å². The third-order valence-electron chi connectivity index (χ3n) is 3.93. The van der Waals surface area contributed by atoms with E-state index in [0.717, 1.165) is 24.8 Å². The molecule has 0 aliphatic rings. The minimum Gasteiger partial charge on any atom is -0.354 e. The maximum absolute atomic E-state index is 12.4. The van der Waals surface area contributed by atoms with Crippen molar-refractivity contribution in [2.75, 3.05) is 6.54 Å². The summed E-state index contributed by atoms with van der Waals surface area (Å²) in [7, 11) is 0. The lowest BCUT2D eigenvalue weighted by Crippen LogP contribution is -2.47. The van der Waals surface area contributed by atoms with Crippen molar-refractivity contribution in [1.82, 2.24) is 10.2 Å². The van der Waals surface area contributed by atoms with Gasteiger partial charge >= 0.3 is 0 Å². The third kappa shape index (κ3) is 6.43. The van der Waals surface area contributed by atoms with Crippen molar-refractivity contribution in [2.45, 2.75) is 66.0 Å². The second kappa shape index (κ2) is 10.0. The van der Waals surface area contributed by atoms with Gasteiger partial charge < -0.3 is 10.2 Å². The summed E-state index contributed by atoms with van der Waals surface area (Å²) in [4.78, 5) is 26.4. The lowest BCUT2D eigenvalue weighted by atomic mass is 10.1. The van der Waals surface area contributed by atoms with Gasteiger partial charge in [0.25, 0.3) is 0 Å².